The molecule has 0 spiro atoms. The highest BCUT2D eigenvalue weighted by molar-refractivity contribution is 7.80. The maximum Gasteiger partial charge on any atom is 0.305 e. The number of aromatic hydroxyl groups is 1. The van der Waals surface area contributed by atoms with Crippen LogP contribution in [0.3, 0.4) is 0 Å². The Bertz CT molecular complexity index is 2790. The van der Waals surface area contributed by atoms with Gasteiger partial charge in [0.1, 0.15) is 78.5 Å². The molecule has 3 aliphatic heterocycles. The van der Waals surface area contributed by atoms with Gasteiger partial charge in [0, 0.05) is 25.3 Å². The topological polar surface area (TPSA) is 462 Å². The number of hydrogen-bond donors (Lipinski definition) is 16. The molecule has 5 rings (SSSR count). The summed E-state index contributed by atoms with van der Waals surface area (Å²) >= 11 is 4.50. The second-order valence-corrected chi connectivity index (χ2v) is 21.2. The predicted octanol–water partition coefficient (Wildman–Crippen LogP) is -6.45. The highest BCUT2D eigenvalue weighted by atomic mass is 32.1. The Kier molecular flexibility index (Phi) is 25.4. The Labute approximate surface area is 498 Å². The van der Waals surface area contributed by atoms with Gasteiger partial charge in [-0.15, -0.1) is 0 Å². The highest BCUT2D eigenvalue weighted by Gasteiger charge is 2.44. The molecule has 0 aliphatic carbocycles. The van der Waals surface area contributed by atoms with E-state index in [0.29, 0.717) is 16.9 Å². The molecule has 13 atom stereocenters. The van der Waals surface area contributed by atoms with Gasteiger partial charge in [0.15, 0.2) is 0 Å². The van der Waals surface area contributed by atoms with Crippen molar-refractivity contribution in [3.8, 4) is 11.5 Å². The van der Waals surface area contributed by atoms with Crippen LogP contribution in [0.15, 0.2) is 48.5 Å². The molecule has 32 heteroatoms. The zero-order valence-electron chi connectivity index (χ0n) is 47.5. The van der Waals surface area contributed by atoms with Crippen molar-refractivity contribution in [2.24, 2.45) is 0 Å². The second kappa shape index (κ2) is 31.8. The first kappa shape index (κ1) is 68.6. The molecule has 31 nitrogen and oxygen atoms in total. The number of carbonyl (C=O) groups excluding carboxylic acids is 11. The number of aliphatic hydroxyl groups excluding tert-OH is 5. The maximum atomic E-state index is 14.7. The minimum atomic E-state index is -2.13. The third kappa shape index (κ3) is 17.9. The number of fused-ring (bicyclic) bond motifs is 2. The molecule has 0 saturated carbocycles. The summed E-state index contributed by atoms with van der Waals surface area (Å²) in [7, 11) is 1.43. The van der Waals surface area contributed by atoms with Gasteiger partial charge in [-0.1, -0.05) is 24.3 Å². The van der Waals surface area contributed by atoms with Gasteiger partial charge in [-0.3, -0.25) is 57.5 Å². The lowest BCUT2D eigenvalue weighted by Crippen LogP contribution is -2.63. The monoisotopic (exact) mass is 1230 g/mol. The summed E-state index contributed by atoms with van der Waals surface area (Å²) in [6.07, 6.45) is -4.69. The fourth-order valence-electron chi connectivity index (χ4n) is 9.96. The van der Waals surface area contributed by atoms with E-state index in [-0.39, 0.29) is 56.7 Å². The molecular formula is C54H75N11O20S. The van der Waals surface area contributed by atoms with Crippen molar-refractivity contribution >= 4 is 83.6 Å². The number of amides is 11. The summed E-state index contributed by atoms with van der Waals surface area (Å²) in [4.78, 5) is 170. The number of hydrogen-bond acceptors (Lipinski definition) is 20. The number of benzene rings is 2. The molecule has 3 saturated heterocycles. The highest BCUT2D eigenvalue weighted by Crippen LogP contribution is 2.27. The van der Waals surface area contributed by atoms with Crippen LogP contribution < -0.4 is 47.3 Å². The van der Waals surface area contributed by atoms with E-state index in [1.54, 1.807) is 24.3 Å². The van der Waals surface area contributed by atoms with Crippen LogP contribution in [0, 0.1) is 0 Å². The fraction of sp³-hybridized carbons (Fsp3) is 0.556. The fourth-order valence-corrected chi connectivity index (χ4v) is 10.4. The first-order valence-corrected chi connectivity index (χ1v) is 28.2. The van der Waals surface area contributed by atoms with Gasteiger partial charge < -0.3 is 97.7 Å². The van der Waals surface area contributed by atoms with Crippen molar-refractivity contribution < 1.29 is 98.0 Å². The molecule has 15 N–H and O–H groups in total. The van der Waals surface area contributed by atoms with Crippen LogP contribution in [-0.4, -0.2) is 246 Å². The molecule has 1 unspecified atom stereocenters. The Morgan fingerprint density at radius 1 is 0.593 bits per heavy atom. The largest absolute Gasteiger partial charge is 0.508 e. The molecule has 2 aromatic rings. The van der Waals surface area contributed by atoms with E-state index < -0.39 is 182 Å². The van der Waals surface area contributed by atoms with E-state index in [1.807, 2.05) is 5.32 Å². The van der Waals surface area contributed by atoms with Crippen molar-refractivity contribution in [1.29, 1.82) is 0 Å². The number of ether oxygens (including phenoxy) is 1. The van der Waals surface area contributed by atoms with Gasteiger partial charge in [-0.2, -0.15) is 12.6 Å². The maximum absolute atomic E-state index is 14.7. The lowest BCUT2D eigenvalue weighted by molar-refractivity contribution is -0.146. The number of aliphatic hydroxyl groups is 5. The number of aliphatic carboxylic acids is 1. The SMILES string of the molecule is COc1ccc(C(CS)N2CC(=O)N[C@@H](CO)C(=O)N3CCC[C@H]3C(=O)N[C@@H](Cc3ccc(O)cc3)C(=O)N[C@@H](CO)C(=O)N[C@@H](CO)C(=O)N[C@@H](CC(=O)O)C(=O)N[C@@H]([C@@H](C)O)C(=O)N[C@@H]([C@@H](C)O)C(=O)N3CCC[C@H]3C(=O)N[C@@H](C)C2=O)cc1. The van der Waals surface area contributed by atoms with Crippen molar-refractivity contribution in [1.82, 2.24) is 57.2 Å². The van der Waals surface area contributed by atoms with E-state index in [4.69, 9.17) is 4.74 Å². The zero-order chi connectivity index (χ0) is 63.7. The van der Waals surface area contributed by atoms with Crippen LogP contribution in [-0.2, 0) is 64.0 Å². The van der Waals surface area contributed by atoms with E-state index in [0.717, 1.165) is 28.5 Å². The molecule has 11 amide bonds. The minimum absolute atomic E-state index is 0.0000762. The number of carboxylic acids is 1. The number of nitrogens with zero attached hydrogens (tertiary/aromatic N) is 3. The summed E-state index contributed by atoms with van der Waals surface area (Å²) in [6.45, 7) is -1.05. The van der Waals surface area contributed by atoms with Gasteiger partial charge in [-0.25, -0.2) is 0 Å². The Balaban J connectivity index is 1.55. The van der Waals surface area contributed by atoms with Crippen molar-refractivity contribution in [3.63, 3.8) is 0 Å². The lowest BCUT2D eigenvalue weighted by Gasteiger charge is -2.35. The van der Waals surface area contributed by atoms with Crippen LogP contribution in [0.2, 0.25) is 0 Å². The van der Waals surface area contributed by atoms with Crippen molar-refractivity contribution in [2.75, 3.05) is 52.3 Å². The molecule has 2 aromatic carbocycles. The van der Waals surface area contributed by atoms with Crippen LogP contribution in [0.5, 0.6) is 11.5 Å². The summed E-state index contributed by atoms with van der Waals surface area (Å²) in [5.41, 5.74) is 0.772. The average molecular weight is 1230 g/mol. The quantitative estimate of drug-likeness (QED) is 0.0829. The average Bonchev–Trinajstić information content (AvgIpc) is 3.47. The number of carbonyl (C=O) groups is 12. The number of carboxylic acid groups (broad SMARTS) is 1. The first-order chi connectivity index (χ1) is 40.8. The molecule has 0 bridgehead atoms. The van der Waals surface area contributed by atoms with E-state index in [9.17, 15) is 93.3 Å². The zero-order valence-corrected chi connectivity index (χ0v) is 48.4. The number of rotatable bonds is 13. The van der Waals surface area contributed by atoms with E-state index >= 15 is 0 Å². The third-order valence-electron chi connectivity index (χ3n) is 14.6. The number of nitrogens with one attached hydrogen (secondary N) is 8. The second-order valence-electron chi connectivity index (χ2n) is 20.9. The molecule has 3 heterocycles. The smallest absolute Gasteiger partial charge is 0.305 e. The van der Waals surface area contributed by atoms with Crippen molar-refractivity contribution in [2.45, 2.75) is 138 Å². The van der Waals surface area contributed by atoms with Gasteiger partial charge >= 0.3 is 5.97 Å². The summed E-state index contributed by atoms with van der Waals surface area (Å²) < 4.78 is 5.29. The Morgan fingerprint density at radius 3 is 1.57 bits per heavy atom. The number of methoxy groups -OCH3 is 1. The van der Waals surface area contributed by atoms with Gasteiger partial charge in [0.25, 0.3) is 0 Å². The number of phenols is 1. The predicted molar refractivity (Wildman–Crippen MR) is 301 cm³/mol. The molecule has 86 heavy (non-hydrogen) atoms. The van der Waals surface area contributed by atoms with Crippen LogP contribution in [0.1, 0.15) is 70.0 Å². The van der Waals surface area contributed by atoms with Crippen LogP contribution in [0.4, 0.5) is 0 Å². The minimum Gasteiger partial charge on any atom is -0.508 e. The normalized spacial score (nSPS) is 27.1. The van der Waals surface area contributed by atoms with Crippen LogP contribution in [0.25, 0.3) is 0 Å². The molecule has 0 radical (unpaired) electrons. The molecule has 3 fully saturated rings. The van der Waals surface area contributed by atoms with Gasteiger partial charge in [-0.05, 0) is 81.8 Å². The standard InChI is InChI=1S/C54H75N11O20S/c1-26-52(82)65(40(25-86)30-11-15-32(85-4)16-12-30)21-41(72)56-37(24-68)53(83)63-17-5-8-39(63)50(80)58-33(19-29-9-13-31(71)14-10-29)45(75)59-36(23-67)48(78)60-35(22-66)47(77)57-34(20-42(73)74)46(76)61-43(27(2)69)51(81)62-44(28(3)70)54(84)64-18-6-7-38(64)49(79)55-26/h9-16,26-28,33-40,43-44,66-71,86H,5-8,17-25H2,1-4H3,(H,55,79)(H,56,72)(H,57,77)(H,58,80)(H,59,75)(H,60,78)(H,61,76)(H,62,81)(H,73,74)/t26-,27+,28+,33-,34-,35-,36-,37-,38-,39-,40?,43-,44-/m0/s1. The summed E-state index contributed by atoms with van der Waals surface area (Å²) in [5, 5.41) is 90.7. The molecule has 3 aliphatic rings. The third-order valence-corrected chi connectivity index (χ3v) is 15.0. The number of phenolic OH excluding ortho intramolecular Hbond substituents is 1. The van der Waals surface area contributed by atoms with Gasteiger partial charge in [0.2, 0.25) is 65.0 Å². The van der Waals surface area contributed by atoms with Crippen LogP contribution >= 0.6 is 12.6 Å². The van der Waals surface area contributed by atoms with Crippen molar-refractivity contribution in [3.05, 3.63) is 59.7 Å². The molecular weight excluding hydrogens is 1150 g/mol. The van der Waals surface area contributed by atoms with Gasteiger partial charge in [0.05, 0.1) is 51.6 Å². The molecule has 472 valence electrons. The number of thiol groups is 1. The lowest BCUT2D eigenvalue weighted by atomic mass is 10.0. The summed E-state index contributed by atoms with van der Waals surface area (Å²) in [6, 6.07) is -6.89. The van der Waals surface area contributed by atoms with E-state index in [2.05, 4.69) is 49.8 Å². The molecule has 0 aromatic heterocycles. The Hall–Kier alpha value is -8.17. The first-order valence-electron chi connectivity index (χ1n) is 27.5. The Morgan fingerprint density at radius 2 is 1.07 bits per heavy atom. The summed E-state index contributed by atoms with van der Waals surface area (Å²) in [5.74, 6) is -13.9. The van der Waals surface area contributed by atoms with E-state index in [1.165, 1.54) is 38.3 Å².